The van der Waals surface area contributed by atoms with Crippen LogP contribution in [0.1, 0.15) is 16.1 Å². The largest absolute Gasteiger partial charge is 0.416 e. The van der Waals surface area contributed by atoms with E-state index in [4.69, 9.17) is 5.73 Å². The molecule has 3 N–H and O–H groups in total. The standard InChI is InChI=1S/C14H13F5N4O/c15-13(16,7-20)8-21-12(24)11-4-5-23(22-11)10-3-1-2-9(6-10)14(17,18)19/h1-6H,7-8,20H2,(H,21,24). The summed E-state index contributed by atoms with van der Waals surface area (Å²) in [6.07, 6.45) is -3.26. The Hall–Kier alpha value is -2.49. The number of hydrogen-bond donors (Lipinski definition) is 2. The maximum absolute atomic E-state index is 13.0. The van der Waals surface area contributed by atoms with Crippen molar-refractivity contribution in [1.82, 2.24) is 15.1 Å². The molecule has 0 spiro atoms. The van der Waals surface area contributed by atoms with Crippen LogP contribution in [0.15, 0.2) is 36.5 Å². The number of carbonyl (C=O) groups is 1. The highest BCUT2D eigenvalue weighted by Gasteiger charge is 2.31. The van der Waals surface area contributed by atoms with E-state index in [2.05, 4.69) is 5.10 Å². The first-order valence-corrected chi connectivity index (χ1v) is 6.72. The van der Waals surface area contributed by atoms with E-state index >= 15 is 0 Å². The minimum absolute atomic E-state index is 0.0798. The maximum atomic E-state index is 13.0. The highest BCUT2D eigenvalue weighted by Crippen LogP contribution is 2.30. The Bertz CT molecular complexity index is 726. The lowest BCUT2D eigenvalue weighted by Crippen LogP contribution is -2.41. The van der Waals surface area contributed by atoms with Crippen LogP contribution >= 0.6 is 0 Å². The van der Waals surface area contributed by atoms with Crippen molar-refractivity contribution in [1.29, 1.82) is 0 Å². The summed E-state index contributed by atoms with van der Waals surface area (Å²) >= 11 is 0. The molecule has 1 amide bonds. The number of nitrogens with zero attached hydrogens (tertiary/aromatic N) is 2. The van der Waals surface area contributed by atoms with Gasteiger partial charge in [-0.3, -0.25) is 4.79 Å². The molecule has 10 heteroatoms. The minimum Gasteiger partial charge on any atom is -0.345 e. The van der Waals surface area contributed by atoms with Gasteiger partial charge >= 0.3 is 6.18 Å². The molecule has 0 atom stereocenters. The van der Waals surface area contributed by atoms with Crippen molar-refractivity contribution in [2.45, 2.75) is 12.1 Å². The fraction of sp³-hybridized carbons (Fsp3) is 0.286. The number of nitrogens with two attached hydrogens (primary N) is 1. The van der Waals surface area contributed by atoms with Crippen molar-refractivity contribution in [2.75, 3.05) is 13.1 Å². The van der Waals surface area contributed by atoms with Gasteiger partial charge in [0, 0.05) is 6.20 Å². The third-order valence-electron chi connectivity index (χ3n) is 3.07. The predicted octanol–water partition coefficient (Wildman–Crippen LogP) is 2.21. The van der Waals surface area contributed by atoms with Crippen LogP contribution in [0.5, 0.6) is 0 Å². The first-order chi connectivity index (χ1) is 11.1. The number of rotatable bonds is 5. The molecule has 0 saturated carbocycles. The third kappa shape index (κ3) is 4.28. The lowest BCUT2D eigenvalue weighted by atomic mass is 10.2. The number of benzene rings is 1. The molecule has 2 rings (SSSR count). The lowest BCUT2D eigenvalue weighted by Gasteiger charge is -2.13. The number of halogens is 5. The van der Waals surface area contributed by atoms with Gasteiger partial charge in [0.15, 0.2) is 5.69 Å². The van der Waals surface area contributed by atoms with E-state index in [1.165, 1.54) is 24.4 Å². The van der Waals surface area contributed by atoms with Gasteiger partial charge in [0.1, 0.15) is 0 Å². The van der Waals surface area contributed by atoms with Crippen molar-refractivity contribution >= 4 is 5.91 Å². The Morgan fingerprint density at radius 1 is 1.21 bits per heavy atom. The molecule has 0 radical (unpaired) electrons. The van der Waals surface area contributed by atoms with Gasteiger partial charge in [0.05, 0.1) is 24.3 Å². The van der Waals surface area contributed by atoms with E-state index < -0.39 is 36.7 Å². The quantitative estimate of drug-likeness (QED) is 0.814. The van der Waals surface area contributed by atoms with Crippen LogP contribution in [-0.4, -0.2) is 34.7 Å². The fourth-order valence-corrected chi connectivity index (χ4v) is 1.79. The smallest absolute Gasteiger partial charge is 0.345 e. The van der Waals surface area contributed by atoms with Crippen LogP contribution < -0.4 is 11.1 Å². The molecule has 0 saturated heterocycles. The molecule has 1 heterocycles. The van der Waals surface area contributed by atoms with Crippen molar-refractivity contribution in [3.05, 3.63) is 47.8 Å². The Labute approximate surface area is 133 Å². The molecule has 1 aromatic carbocycles. The Morgan fingerprint density at radius 2 is 1.92 bits per heavy atom. The Kier molecular flexibility index (Phi) is 4.88. The predicted molar refractivity (Wildman–Crippen MR) is 74.9 cm³/mol. The fourth-order valence-electron chi connectivity index (χ4n) is 1.79. The maximum Gasteiger partial charge on any atom is 0.416 e. The normalized spacial score (nSPS) is 12.2. The summed E-state index contributed by atoms with van der Waals surface area (Å²) in [6.45, 7) is -1.88. The number of aromatic nitrogens is 2. The summed E-state index contributed by atoms with van der Waals surface area (Å²) in [5, 5.41) is 5.76. The summed E-state index contributed by atoms with van der Waals surface area (Å²) in [5.74, 6) is -4.13. The first kappa shape index (κ1) is 17.9. The molecule has 2 aromatic rings. The van der Waals surface area contributed by atoms with E-state index in [0.717, 1.165) is 16.8 Å². The highest BCUT2D eigenvalue weighted by atomic mass is 19.4. The van der Waals surface area contributed by atoms with E-state index in [9.17, 15) is 26.7 Å². The molecule has 5 nitrogen and oxygen atoms in total. The highest BCUT2D eigenvalue weighted by molar-refractivity contribution is 5.92. The molecule has 0 aliphatic heterocycles. The average molecular weight is 348 g/mol. The van der Waals surface area contributed by atoms with Gasteiger partial charge < -0.3 is 11.1 Å². The van der Waals surface area contributed by atoms with E-state index in [-0.39, 0.29) is 11.4 Å². The number of amides is 1. The summed E-state index contributed by atoms with van der Waals surface area (Å²) in [5.41, 5.74) is 3.85. The van der Waals surface area contributed by atoms with Gasteiger partial charge in [-0.2, -0.15) is 18.3 Å². The number of hydrogen-bond acceptors (Lipinski definition) is 3. The monoisotopic (exact) mass is 348 g/mol. The molecule has 24 heavy (non-hydrogen) atoms. The van der Waals surface area contributed by atoms with Gasteiger partial charge in [0.2, 0.25) is 0 Å². The van der Waals surface area contributed by atoms with Gasteiger partial charge in [-0.25, -0.2) is 13.5 Å². The molecular formula is C14H13F5N4O. The molecular weight excluding hydrogens is 335 g/mol. The Balaban J connectivity index is 2.15. The molecule has 0 bridgehead atoms. The summed E-state index contributed by atoms with van der Waals surface area (Å²) in [7, 11) is 0. The second kappa shape index (κ2) is 6.56. The second-order valence-corrected chi connectivity index (χ2v) is 4.94. The average Bonchev–Trinajstić information content (AvgIpc) is 3.02. The zero-order valence-corrected chi connectivity index (χ0v) is 12.1. The zero-order chi connectivity index (χ0) is 18.0. The molecule has 0 aliphatic rings. The first-order valence-electron chi connectivity index (χ1n) is 6.72. The summed E-state index contributed by atoms with van der Waals surface area (Å²) < 4.78 is 65.1. The second-order valence-electron chi connectivity index (χ2n) is 4.94. The molecule has 130 valence electrons. The van der Waals surface area contributed by atoms with Crippen LogP contribution in [0.2, 0.25) is 0 Å². The SMILES string of the molecule is NCC(F)(F)CNC(=O)c1ccn(-c2cccc(C(F)(F)F)c2)n1. The van der Waals surface area contributed by atoms with Crippen molar-refractivity contribution in [2.24, 2.45) is 5.73 Å². The topological polar surface area (TPSA) is 72.9 Å². The van der Waals surface area contributed by atoms with Gasteiger partial charge in [-0.1, -0.05) is 6.07 Å². The van der Waals surface area contributed by atoms with Crippen LogP contribution in [0.25, 0.3) is 5.69 Å². The van der Waals surface area contributed by atoms with Crippen LogP contribution in [0.3, 0.4) is 0 Å². The van der Waals surface area contributed by atoms with Gasteiger partial charge in [0.25, 0.3) is 11.8 Å². The van der Waals surface area contributed by atoms with Gasteiger partial charge in [-0.15, -0.1) is 0 Å². The van der Waals surface area contributed by atoms with Crippen LogP contribution in [-0.2, 0) is 6.18 Å². The lowest BCUT2D eigenvalue weighted by molar-refractivity contribution is -0.137. The summed E-state index contributed by atoms with van der Waals surface area (Å²) in [4.78, 5) is 11.7. The molecule has 0 aliphatic carbocycles. The van der Waals surface area contributed by atoms with Crippen molar-refractivity contribution < 1.29 is 26.7 Å². The zero-order valence-electron chi connectivity index (χ0n) is 12.1. The van der Waals surface area contributed by atoms with Crippen molar-refractivity contribution in [3.8, 4) is 5.69 Å². The van der Waals surface area contributed by atoms with E-state index in [1.807, 2.05) is 5.32 Å². The number of nitrogens with one attached hydrogen (secondary N) is 1. The number of alkyl halides is 5. The summed E-state index contributed by atoms with van der Waals surface area (Å²) in [6, 6.07) is 5.52. The Morgan fingerprint density at radius 3 is 2.54 bits per heavy atom. The number of carbonyl (C=O) groups excluding carboxylic acids is 1. The minimum atomic E-state index is -4.52. The third-order valence-corrected chi connectivity index (χ3v) is 3.07. The molecule has 1 aromatic heterocycles. The van der Waals surface area contributed by atoms with Crippen LogP contribution in [0.4, 0.5) is 22.0 Å². The van der Waals surface area contributed by atoms with E-state index in [0.29, 0.717) is 0 Å². The van der Waals surface area contributed by atoms with Crippen LogP contribution in [0, 0.1) is 0 Å². The van der Waals surface area contributed by atoms with Gasteiger partial charge in [-0.05, 0) is 24.3 Å². The molecule has 0 unspecified atom stereocenters. The van der Waals surface area contributed by atoms with Crippen molar-refractivity contribution in [3.63, 3.8) is 0 Å². The van der Waals surface area contributed by atoms with E-state index in [1.54, 1.807) is 0 Å². The molecule has 0 fully saturated rings.